The number of aryl methyl sites for hydroxylation is 1. The van der Waals surface area contributed by atoms with Gasteiger partial charge in [0.1, 0.15) is 17.3 Å². The summed E-state index contributed by atoms with van der Waals surface area (Å²) in [7, 11) is 1.46. The zero-order chi connectivity index (χ0) is 64.3. The minimum Gasteiger partial charge on any atom is -0.508 e. The SMILES string of the molecule is CCCC1C(O)Cc2cc(c[nH]2)C(C)CNCC(O)Cc2ccc3ccc(cc3c2O)NC2=CC(=CCN2)C2CC#CC3CC(CC(C(O)O)C3Cc3cccc(O)c3)c3ccccc3C3C#CC4CC2CC1CC4C(=O)C(O)C(=O)CCc1cc(OC)c(O)cc13. The van der Waals surface area contributed by atoms with E-state index in [0.29, 0.717) is 98.9 Å². The number of ketones is 2. The molecule has 4 aliphatic carbocycles. The predicted molar refractivity (Wildman–Crippen MR) is 355 cm³/mol. The number of H-pyrrole nitrogens is 1. The van der Waals surface area contributed by atoms with Crippen LogP contribution in [0.25, 0.3) is 10.8 Å². The average Bonchev–Trinajstić information content (AvgIpc) is 1.05. The number of β-amino-alcohol motifs (C(OH)–C–C–N with tert-alkyl or cyclic N) is 1. The van der Waals surface area contributed by atoms with Crippen LogP contribution in [0.1, 0.15) is 134 Å². The Hall–Kier alpha value is -7.86. The standard InChI is InChI=1S/C77H88N4O11/c1-4-9-61-53-30-51-29-47-19-22-63(65-39-71(86)72(92-3)35-48(65)20-23-69(84)76(89)75(88)66(47)33-53)62-14-6-5-13-60(62)52-28-46(64(68(34-52)77(90)91)27-44-10-7-12-57(82)26-44)11-8-15-59(51)49-24-25-79-73(36-49)81-55-21-18-45-16-17-50(74(87)67(45)37-55)32-58(83)42-78-40-43(2)54-31-56(80-41-54)38-70(61)85/h5-7,10,12-14,16-18,21,24,26,31,35-37,39,41,43,46-47,51-53,58-59,61,63-64,66,68,70,76-83,85-87,89-91H,4,9,15,20,23,25,27-30,32-34,38,40,42H2,1-3H3. The molecule has 6 aromatic rings. The number of rotatable bonds is 6. The molecule has 482 valence electrons. The zero-order valence-electron chi connectivity index (χ0n) is 52.8. The van der Waals surface area contributed by atoms with Gasteiger partial charge in [-0.25, -0.2) is 0 Å². The van der Waals surface area contributed by atoms with Crippen molar-refractivity contribution in [1.29, 1.82) is 0 Å². The van der Waals surface area contributed by atoms with E-state index in [1.54, 1.807) is 30.3 Å². The third-order valence-electron chi connectivity index (χ3n) is 21.3. The van der Waals surface area contributed by atoms with Crippen molar-refractivity contribution in [2.45, 2.75) is 140 Å². The molecular formula is C77H88N4O11. The van der Waals surface area contributed by atoms with Crippen LogP contribution in [0.2, 0.25) is 0 Å². The normalized spacial score (nSPS) is 29.5. The number of nitrogens with one attached hydrogen (secondary N) is 4. The fraction of sp³-hybridized carbons (Fsp3) is 0.455. The number of hydrogen-bond acceptors (Lipinski definition) is 14. The average molecular weight is 1250 g/mol. The molecule has 92 heavy (non-hydrogen) atoms. The number of aliphatic hydroxyl groups is 5. The lowest BCUT2D eigenvalue weighted by atomic mass is 9.63. The Kier molecular flexibility index (Phi) is 19.7. The first-order chi connectivity index (χ1) is 44.5. The molecule has 15 heteroatoms. The quantitative estimate of drug-likeness (QED) is 0.0421. The van der Waals surface area contributed by atoms with Crippen LogP contribution in [0, 0.1) is 76.9 Å². The number of aromatic hydroxyl groups is 3. The summed E-state index contributed by atoms with van der Waals surface area (Å²) in [6.45, 7) is 5.54. The minimum absolute atomic E-state index is 0.0422. The number of benzene rings is 5. The van der Waals surface area contributed by atoms with Crippen LogP contribution in [0.15, 0.2) is 127 Å². The van der Waals surface area contributed by atoms with E-state index in [4.69, 9.17) is 4.74 Å². The molecule has 5 aromatic carbocycles. The summed E-state index contributed by atoms with van der Waals surface area (Å²) >= 11 is 0. The number of phenolic OH excluding ortho intramolecular Hbond substituents is 3. The number of phenols is 3. The van der Waals surface area contributed by atoms with Gasteiger partial charge < -0.3 is 66.5 Å². The Bertz CT molecular complexity index is 3880. The number of ether oxygens (including phenoxy) is 1. The van der Waals surface area contributed by atoms with Crippen molar-refractivity contribution in [1.82, 2.24) is 15.6 Å². The summed E-state index contributed by atoms with van der Waals surface area (Å²) in [6.07, 6.45) is 5.71. The molecule has 15 atom stereocenters. The van der Waals surface area contributed by atoms with Crippen LogP contribution in [0.3, 0.4) is 0 Å². The van der Waals surface area contributed by atoms with Crippen molar-refractivity contribution < 1.29 is 55.2 Å². The van der Waals surface area contributed by atoms with E-state index in [1.807, 2.05) is 60.8 Å². The van der Waals surface area contributed by atoms with Crippen molar-refractivity contribution in [2.24, 2.45) is 53.3 Å². The van der Waals surface area contributed by atoms with E-state index in [2.05, 4.69) is 82.7 Å². The number of aromatic amines is 1. The van der Waals surface area contributed by atoms with E-state index in [-0.39, 0.29) is 96.0 Å². The first-order valence-electron chi connectivity index (χ1n) is 33.3. The van der Waals surface area contributed by atoms with Crippen molar-refractivity contribution in [3.05, 3.63) is 171 Å². The van der Waals surface area contributed by atoms with Crippen LogP contribution in [-0.2, 0) is 35.3 Å². The smallest absolute Gasteiger partial charge is 0.173 e. The Morgan fingerprint density at radius 1 is 0.750 bits per heavy atom. The second-order valence-corrected chi connectivity index (χ2v) is 27.2. The number of methoxy groups -OCH3 is 1. The van der Waals surface area contributed by atoms with Crippen molar-refractivity contribution in [3.63, 3.8) is 0 Å². The van der Waals surface area contributed by atoms with Crippen LogP contribution >= 0.6 is 0 Å². The van der Waals surface area contributed by atoms with Gasteiger partial charge in [-0.05, 0) is 191 Å². The molecule has 13 bridgehead atoms. The maximum atomic E-state index is 15.6. The van der Waals surface area contributed by atoms with Crippen LogP contribution in [-0.4, -0.2) is 109 Å². The van der Waals surface area contributed by atoms with Gasteiger partial charge in [-0.3, -0.25) is 9.59 Å². The van der Waals surface area contributed by atoms with Gasteiger partial charge in [-0.2, -0.15) is 0 Å². The summed E-state index contributed by atoms with van der Waals surface area (Å²) in [5.74, 6) is 9.80. The molecule has 2 fully saturated rings. The number of aliphatic hydroxyl groups excluding tert-OH is 4. The summed E-state index contributed by atoms with van der Waals surface area (Å²) in [5, 5.41) is 106. The highest BCUT2D eigenvalue weighted by Gasteiger charge is 2.47. The van der Waals surface area contributed by atoms with E-state index < -0.39 is 59.8 Å². The van der Waals surface area contributed by atoms with Gasteiger partial charge in [-0.1, -0.05) is 98.7 Å². The second-order valence-electron chi connectivity index (χ2n) is 27.2. The van der Waals surface area contributed by atoms with Crippen LogP contribution < -0.4 is 20.7 Å². The molecule has 1 aromatic heterocycles. The number of allylic oxidation sites excluding steroid dienone is 2. The Morgan fingerprint density at radius 2 is 1.58 bits per heavy atom. The van der Waals surface area contributed by atoms with Gasteiger partial charge in [-0.15, -0.1) is 5.92 Å². The molecule has 6 aliphatic rings. The number of dihydropyridines is 1. The topological polar surface area (TPSA) is 257 Å². The molecule has 0 amide bonds. The first-order valence-corrected chi connectivity index (χ1v) is 33.3. The van der Waals surface area contributed by atoms with Crippen molar-refractivity contribution in [3.8, 4) is 46.7 Å². The van der Waals surface area contributed by atoms with Crippen LogP contribution in [0.4, 0.5) is 5.69 Å². The van der Waals surface area contributed by atoms with Gasteiger partial charge >= 0.3 is 0 Å². The minimum atomic E-state index is -1.94. The molecule has 3 heterocycles. The maximum Gasteiger partial charge on any atom is 0.173 e. The molecule has 0 radical (unpaired) electrons. The highest BCUT2D eigenvalue weighted by molar-refractivity contribution is 6.06. The van der Waals surface area contributed by atoms with Crippen LogP contribution in [0.5, 0.6) is 23.0 Å². The maximum absolute atomic E-state index is 15.6. The number of fused-ring (bicyclic) bond motifs is 15. The third-order valence-corrected chi connectivity index (χ3v) is 21.3. The van der Waals surface area contributed by atoms with E-state index in [1.165, 1.54) is 7.11 Å². The summed E-state index contributed by atoms with van der Waals surface area (Å²) in [5.41, 5.74) is 8.15. The highest BCUT2D eigenvalue weighted by Crippen LogP contribution is 2.51. The Balaban J connectivity index is 1.07. The van der Waals surface area contributed by atoms with Crippen molar-refractivity contribution in [2.75, 3.05) is 32.1 Å². The van der Waals surface area contributed by atoms with Gasteiger partial charge in [0, 0.05) is 92.0 Å². The number of anilines is 1. The van der Waals surface area contributed by atoms with Gasteiger partial charge in [0.05, 0.1) is 25.2 Å². The van der Waals surface area contributed by atoms with Gasteiger partial charge in [0.2, 0.25) is 0 Å². The molecule has 2 saturated carbocycles. The Labute approximate surface area is 539 Å². The number of hydrogen-bond donors (Lipinski definition) is 12. The van der Waals surface area contributed by atoms with E-state index in [9.17, 15) is 45.6 Å². The monoisotopic (exact) mass is 1240 g/mol. The summed E-state index contributed by atoms with van der Waals surface area (Å²) in [6, 6.07) is 30.3. The molecule has 12 N–H and O–H groups in total. The number of carbonyl (C=O) groups excluding carboxylic acids is 2. The second kappa shape index (κ2) is 28.2. The number of carbonyl (C=O) groups is 2. The van der Waals surface area contributed by atoms with Gasteiger partial charge in [0.15, 0.2) is 35.5 Å². The molecule has 0 saturated heterocycles. The fourth-order valence-electron chi connectivity index (χ4n) is 16.5. The third kappa shape index (κ3) is 13.9. The van der Waals surface area contributed by atoms with Gasteiger partial charge in [0.25, 0.3) is 0 Å². The largest absolute Gasteiger partial charge is 0.508 e. The summed E-state index contributed by atoms with van der Waals surface area (Å²) in [4.78, 5) is 33.7. The Morgan fingerprint density at radius 3 is 2.38 bits per heavy atom. The number of Topliss-reactive ketones (excluding diaryl/α,β-unsaturated/α-hetero) is 2. The molecule has 15 unspecified atom stereocenters. The lowest BCUT2D eigenvalue weighted by molar-refractivity contribution is -0.142. The molecule has 0 spiro atoms. The van der Waals surface area contributed by atoms with E-state index in [0.717, 1.165) is 51.0 Å². The van der Waals surface area contributed by atoms with E-state index >= 15 is 4.79 Å². The first kappa shape index (κ1) is 64.3. The predicted octanol–water partition coefficient (Wildman–Crippen LogP) is 9.94. The highest BCUT2D eigenvalue weighted by atomic mass is 16.5. The lowest BCUT2D eigenvalue weighted by Crippen LogP contribution is -2.40. The summed E-state index contributed by atoms with van der Waals surface area (Å²) < 4.78 is 5.68. The number of aromatic nitrogens is 1. The molecule has 2 aliphatic heterocycles. The zero-order valence-corrected chi connectivity index (χ0v) is 52.8. The molecule has 15 nitrogen and oxygen atoms in total. The van der Waals surface area contributed by atoms with Crippen molar-refractivity contribution >= 4 is 28.0 Å². The molecular weight excluding hydrogens is 1160 g/mol. The fourth-order valence-corrected chi connectivity index (χ4v) is 16.5. The lowest BCUT2D eigenvalue weighted by Gasteiger charge is -2.42. The molecule has 12 rings (SSSR count).